The normalized spacial score (nSPS) is 16.9. The Labute approximate surface area is 212 Å². The molecular weight excluding hydrogens is 456 g/mol. The molecule has 3 aromatic rings. The van der Waals surface area contributed by atoms with E-state index in [1.54, 1.807) is 38.2 Å². The lowest BCUT2D eigenvalue weighted by Gasteiger charge is -2.33. The second kappa shape index (κ2) is 9.38. The van der Waals surface area contributed by atoms with Gasteiger partial charge in [0.15, 0.2) is 0 Å². The molecule has 4 N–H and O–H groups in total. The number of aliphatic hydroxyl groups is 1. The maximum absolute atomic E-state index is 10.3. The van der Waals surface area contributed by atoms with Crippen molar-refractivity contribution in [3.63, 3.8) is 0 Å². The summed E-state index contributed by atoms with van der Waals surface area (Å²) in [7, 11) is 0. The fourth-order valence-electron chi connectivity index (χ4n) is 5.49. The number of anilines is 1. The quantitative estimate of drug-likeness (QED) is 0.388. The third-order valence-corrected chi connectivity index (χ3v) is 7.84. The largest absolute Gasteiger partial charge is 0.386 e. The highest BCUT2D eigenvalue weighted by molar-refractivity contribution is 6.32. The van der Waals surface area contributed by atoms with Gasteiger partial charge in [-0.3, -0.25) is 10.3 Å². The summed E-state index contributed by atoms with van der Waals surface area (Å²) in [6, 6.07) is 14.6. The van der Waals surface area contributed by atoms with Gasteiger partial charge in [0, 0.05) is 52.6 Å². The van der Waals surface area contributed by atoms with E-state index in [1.807, 2.05) is 6.07 Å². The van der Waals surface area contributed by atoms with Crippen molar-refractivity contribution in [2.24, 2.45) is 0 Å². The number of hydrogen-bond donors (Lipinski definition) is 3. The highest BCUT2D eigenvalue weighted by atomic mass is 35.5. The van der Waals surface area contributed by atoms with Gasteiger partial charge in [0.25, 0.3) is 0 Å². The SMILES string of the molecule is CC(C)(O)c1ccc(C(=N)c2cc(-c3ccc4c(c3)CCN(C3CCCC3)C4)cnc2N)cc1Cl. The number of nitrogen functional groups attached to an aromatic ring is 1. The number of nitrogens with two attached hydrogens (primary N) is 1. The van der Waals surface area contributed by atoms with Crippen LogP contribution in [0.1, 0.15) is 67.3 Å². The minimum absolute atomic E-state index is 0.256. The van der Waals surface area contributed by atoms with E-state index in [2.05, 4.69) is 28.1 Å². The average molecular weight is 489 g/mol. The lowest BCUT2D eigenvalue weighted by molar-refractivity contribution is 0.0787. The van der Waals surface area contributed by atoms with E-state index < -0.39 is 5.60 Å². The van der Waals surface area contributed by atoms with Gasteiger partial charge in [-0.2, -0.15) is 0 Å². The van der Waals surface area contributed by atoms with Crippen LogP contribution in [0, 0.1) is 5.41 Å². The molecule has 0 spiro atoms. The summed E-state index contributed by atoms with van der Waals surface area (Å²) in [6.45, 7) is 5.54. The number of hydrogen-bond acceptors (Lipinski definition) is 5. The van der Waals surface area contributed by atoms with Crippen LogP contribution in [0.25, 0.3) is 11.1 Å². The lowest BCUT2D eigenvalue weighted by atomic mass is 9.92. The fourth-order valence-corrected chi connectivity index (χ4v) is 5.90. The molecule has 5 nitrogen and oxygen atoms in total. The molecule has 5 rings (SSSR count). The van der Waals surface area contributed by atoms with Gasteiger partial charge < -0.3 is 10.8 Å². The van der Waals surface area contributed by atoms with E-state index >= 15 is 0 Å². The first-order valence-electron chi connectivity index (χ1n) is 12.4. The minimum Gasteiger partial charge on any atom is -0.386 e. The van der Waals surface area contributed by atoms with Crippen LogP contribution in [0.2, 0.25) is 5.02 Å². The van der Waals surface area contributed by atoms with Crippen LogP contribution in [-0.4, -0.2) is 33.3 Å². The van der Waals surface area contributed by atoms with E-state index in [-0.39, 0.29) is 5.71 Å². The molecule has 1 aromatic heterocycles. The van der Waals surface area contributed by atoms with Gasteiger partial charge in [-0.1, -0.05) is 54.8 Å². The van der Waals surface area contributed by atoms with E-state index in [0.717, 1.165) is 36.7 Å². The number of benzene rings is 2. The Morgan fingerprint density at radius 3 is 2.57 bits per heavy atom. The summed E-state index contributed by atoms with van der Waals surface area (Å²) in [5, 5.41) is 19.5. The predicted octanol–water partition coefficient (Wildman–Crippen LogP) is 5.93. The molecule has 0 amide bonds. The molecule has 0 unspecified atom stereocenters. The van der Waals surface area contributed by atoms with Crippen LogP contribution in [0.15, 0.2) is 48.7 Å². The van der Waals surface area contributed by atoms with Gasteiger partial charge in [0.1, 0.15) is 5.82 Å². The average Bonchev–Trinajstić information content (AvgIpc) is 3.37. The Balaban J connectivity index is 1.41. The number of pyridine rings is 1. The van der Waals surface area contributed by atoms with Gasteiger partial charge in [-0.05, 0) is 61.9 Å². The Morgan fingerprint density at radius 1 is 1.09 bits per heavy atom. The number of halogens is 1. The molecule has 2 aliphatic rings. The zero-order chi connectivity index (χ0) is 24.7. The van der Waals surface area contributed by atoms with Crippen molar-refractivity contribution < 1.29 is 5.11 Å². The molecule has 0 bridgehead atoms. The molecule has 182 valence electrons. The maximum Gasteiger partial charge on any atom is 0.132 e. The lowest BCUT2D eigenvalue weighted by Crippen LogP contribution is -2.37. The van der Waals surface area contributed by atoms with Crippen molar-refractivity contribution >= 4 is 23.1 Å². The summed E-state index contributed by atoms with van der Waals surface area (Å²) in [5.74, 6) is 0.312. The molecule has 1 saturated carbocycles. The molecule has 35 heavy (non-hydrogen) atoms. The number of nitrogens with one attached hydrogen (secondary N) is 1. The molecule has 0 atom stereocenters. The third-order valence-electron chi connectivity index (χ3n) is 7.53. The van der Waals surface area contributed by atoms with E-state index in [1.165, 1.54) is 36.8 Å². The monoisotopic (exact) mass is 488 g/mol. The second-order valence-electron chi connectivity index (χ2n) is 10.4. The molecule has 1 fully saturated rings. The van der Waals surface area contributed by atoms with Crippen LogP contribution in [0.3, 0.4) is 0 Å². The van der Waals surface area contributed by atoms with Gasteiger partial charge >= 0.3 is 0 Å². The molecule has 1 aliphatic carbocycles. The van der Waals surface area contributed by atoms with E-state index in [0.29, 0.717) is 27.5 Å². The van der Waals surface area contributed by atoms with Gasteiger partial charge in [-0.15, -0.1) is 0 Å². The summed E-state index contributed by atoms with van der Waals surface area (Å²) < 4.78 is 0. The number of nitrogens with zero attached hydrogens (tertiary/aromatic N) is 2. The zero-order valence-corrected chi connectivity index (χ0v) is 21.2. The Hall–Kier alpha value is -2.73. The summed E-state index contributed by atoms with van der Waals surface area (Å²) in [4.78, 5) is 7.07. The van der Waals surface area contributed by atoms with Crippen LogP contribution in [-0.2, 0) is 18.6 Å². The van der Waals surface area contributed by atoms with Gasteiger partial charge in [0.05, 0.1) is 11.3 Å². The summed E-state index contributed by atoms with van der Waals surface area (Å²) in [5.41, 5.74) is 12.1. The number of aromatic nitrogens is 1. The molecular formula is C29H33ClN4O. The predicted molar refractivity (Wildman–Crippen MR) is 143 cm³/mol. The van der Waals surface area contributed by atoms with Crippen LogP contribution in [0.5, 0.6) is 0 Å². The molecule has 6 heteroatoms. The zero-order valence-electron chi connectivity index (χ0n) is 20.4. The van der Waals surface area contributed by atoms with E-state index in [9.17, 15) is 5.11 Å². The standard InChI is InChI=1S/C29H33ClN4O/c1-29(2,35)25-10-9-20(15-26(25)30)27(31)24-14-22(16-33-28(24)32)18-7-8-21-17-34(12-11-19(21)13-18)23-5-3-4-6-23/h7-10,13-16,23,31,35H,3-6,11-12,17H2,1-2H3,(H2,32,33). The van der Waals surface area contributed by atoms with Crippen molar-refractivity contribution in [2.45, 2.75) is 64.1 Å². The number of rotatable bonds is 5. The van der Waals surface area contributed by atoms with Crippen molar-refractivity contribution in [3.8, 4) is 11.1 Å². The first-order valence-corrected chi connectivity index (χ1v) is 12.8. The first-order chi connectivity index (χ1) is 16.7. The molecule has 0 radical (unpaired) electrons. The molecule has 0 saturated heterocycles. The van der Waals surface area contributed by atoms with Gasteiger partial charge in [0.2, 0.25) is 0 Å². The van der Waals surface area contributed by atoms with Crippen molar-refractivity contribution in [2.75, 3.05) is 12.3 Å². The Kier molecular flexibility index (Phi) is 6.43. The fraction of sp³-hybridized carbons (Fsp3) is 0.379. The Morgan fingerprint density at radius 2 is 1.86 bits per heavy atom. The second-order valence-corrected chi connectivity index (χ2v) is 10.8. The highest BCUT2D eigenvalue weighted by Gasteiger charge is 2.26. The smallest absolute Gasteiger partial charge is 0.132 e. The van der Waals surface area contributed by atoms with Crippen LogP contribution < -0.4 is 5.73 Å². The third kappa shape index (κ3) is 4.86. The topological polar surface area (TPSA) is 86.2 Å². The van der Waals surface area contributed by atoms with Crippen LogP contribution in [0.4, 0.5) is 5.82 Å². The summed E-state index contributed by atoms with van der Waals surface area (Å²) >= 11 is 6.42. The molecule has 2 aromatic carbocycles. The van der Waals surface area contributed by atoms with Crippen molar-refractivity contribution in [1.29, 1.82) is 5.41 Å². The number of fused-ring (bicyclic) bond motifs is 1. The summed E-state index contributed by atoms with van der Waals surface area (Å²) in [6.07, 6.45) is 8.26. The van der Waals surface area contributed by atoms with Gasteiger partial charge in [-0.25, -0.2) is 4.98 Å². The Bertz CT molecular complexity index is 1270. The van der Waals surface area contributed by atoms with Crippen LogP contribution >= 0.6 is 11.6 Å². The van der Waals surface area contributed by atoms with E-state index in [4.69, 9.17) is 22.7 Å². The van der Waals surface area contributed by atoms with Crippen molar-refractivity contribution in [1.82, 2.24) is 9.88 Å². The maximum atomic E-state index is 10.3. The molecule has 2 heterocycles. The first kappa shape index (κ1) is 24.0. The van der Waals surface area contributed by atoms with Crippen molar-refractivity contribution in [3.05, 3.63) is 81.5 Å². The minimum atomic E-state index is -1.06. The highest BCUT2D eigenvalue weighted by Crippen LogP contribution is 2.33. The molecule has 1 aliphatic heterocycles.